The van der Waals surface area contributed by atoms with Crippen molar-refractivity contribution < 1.29 is 4.79 Å². The maximum atomic E-state index is 12.6. The number of halogens is 2. The second-order valence-corrected chi connectivity index (χ2v) is 9.59. The number of Topliss-reactive ketones (excluding diaryl/α,β-unsaturated/α-hetero) is 1. The first-order valence-electron chi connectivity index (χ1n) is 10.1. The van der Waals surface area contributed by atoms with Gasteiger partial charge in [0.15, 0.2) is 0 Å². The Morgan fingerprint density at radius 2 is 1.50 bits per heavy atom. The molecule has 0 radical (unpaired) electrons. The fraction of sp³-hybridized carbons (Fsp3) is 0.950. The van der Waals surface area contributed by atoms with Crippen molar-refractivity contribution in [1.82, 2.24) is 4.90 Å². The highest BCUT2D eigenvalue weighted by atomic mass is 35.5. The molecular formula is C20H33Cl2NO. The number of ketones is 1. The second-order valence-electron chi connectivity index (χ2n) is 8.47. The maximum Gasteiger partial charge on any atom is 0.149 e. The Morgan fingerprint density at radius 3 is 2.17 bits per heavy atom. The molecule has 1 heterocycles. The van der Waals surface area contributed by atoms with E-state index in [-0.39, 0.29) is 16.7 Å². The summed E-state index contributed by atoms with van der Waals surface area (Å²) in [7, 11) is 0. The average Bonchev–Trinajstić information content (AvgIpc) is 2.60. The minimum absolute atomic E-state index is 0.0319. The van der Waals surface area contributed by atoms with Gasteiger partial charge in [0.05, 0.1) is 11.9 Å². The Hall–Kier alpha value is 0.210. The summed E-state index contributed by atoms with van der Waals surface area (Å²) in [5.74, 6) is 2.43. The summed E-state index contributed by atoms with van der Waals surface area (Å²) in [4.78, 5) is 15.0. The quantitative estimate of drug-likeness (QED) is 0.613. The normalized spacial score (nSPS) is 34.3. The van der Waals surface area contributed by atoms with Crippen LogP contribution in [0, 0.1) is 17.8 Å². The Labute approximate surface area is 157 Å². The molecule has 3 unspecified atom stereocenters. The minimum atomic E-state index is -0.0319. The highest BCUT2D eigenvalue weighted by Crippen LogP contribution is 2.34. The summed E-state index contributed by atoms with van der Waals surface area (Å²) in [6, 6.07) is 0. The van der Waals surface area contributed by atoms with E-state index in [0.29, 0.717) is 12.3 Å². The van der Waals surface area contributed by atoms with Crippen LogP contribution in [0.2, 0.25) is 0 Å². The molecule has 2 nitrogen and oxygen atoms in total. The van der Waals surface area contributed by atoms with Crippen LogP contribution in [-0.2, 0) is 4.79 Å². The number of nitrogens with zero attached hydrogens (tertiary/aromatic N) is 1. The Kier molecular flexibility index (Phi) is 7.31. The van der Waals surface area contributed by atoms with Gasteiger partial charge in [-0.2, -0.15) is 0 Å². The molecule has 2 saturated carbocycles. The number of alkyl halides is 2. The monoisotopic (exact) mass is 373 g/mol. The molecule has 0 amide bonds. The van der Waals surface area contributed by atoms with Gasteiger partial charge in [-0.1, -0.05) is 32.1 Å². The van der Waals surface area contributed by atoms with Crippen molar-refractivity contribution in [2.24, 2.45) is 17.8 Å². The second kappa shape index (κ2) is 9.24. The van der Waals surface area contributed by atoms with E-state index < -0.39 is 0 Å². The molecule has 3 aliphatic rings. The molecule has 4 heteroatoms. The first kappa shape index (κ1) is 19.0. The first-order chi connectivity index (χ1) is 11.6. The molecule has 0 aromatic heterocycles. The highest BCUT2D eigenvalue weighted by Gasteiger charge is 2.33. The third-order valence-electron chi connectivity index (χ3n) is 6.63. The van der Waals surface area contributed by atoms with Crippen LogP contribution in [0.4, 0.5) is 0 Å². The predicted molar refractivity (Wildman–Crippen MR) is 102 cm³/mol. The summed E-state index contributed by atoms with van der Waals surface area (Å²) < 4.78 is 0. The lowest BCUT2D eigenvalue weighted by Gasteiger charge is -2.35. The van der Waals surface area contributed by atoms with E-state index in [0.717, 1.165) is 44.2 Å². The van der Waals surface area contributed by atoms with Crippen molar-refractivity contribution in [2.75, 3.05) is 19.6 Å². The third-order valence-corrected chi connectivity index (χ3v) is 7.76. The molecule has 0 bridgehead atoms. The number of likely N-dealkylation sites (tertiary alicyclic amines) is 1. The standard InChI is InChI=1S/C20H33Cl2NO/c21-18-7-6-17(13-19(18)22)20(24)14-23-10-8-16(9-11-23)12-15-4-2-1-3-5-15/h15-19H,1-14H2. The molecule has 1 saturated heterocycles. The van der Waals surface area contributed by atoms with Gasteiger partial charge in [0.2, 0.25) is 0 Å². The molecule has 0 aromatic rings. The summed E-state index contributed by atoms with van der Waals surface area (Å²) in [5, 5.41) is 0.0156. The first-order valence-corrected chi connectivity index (χ1v) is 11.0. The Bertz CT molecular complexity index is 402. The summed E-state index contributed by atoms with van der Waals surface area (Å²) in [5.41, 5.74) is 0. The van der Waals surface area contributed by atoms with Crippen LogP contribution in [0.1, 0.15) is 70.6 Å². The van der Waals surface area contributed by atoms with Crippen LogP contribution in [0.15, 0.2) is 0 Å². The fourth-order valence-electron chi connectivity index (χ4n) is 4.99. The number of hydrogen-bond acceptors (Lipinski definition) is 2. The Morgan fingerprint density at radius 1 is 0.833 bits per heavy atom. The molecule has 0 N–H and O–H groups in total. The van der Waals surface area contributed by atoms with Crippen molar-refractivity contribution in [3.63, 3.8) is 0 Å². The van der Waals surface area contributed by atoms with E-state index in [1.54, 1.807) is 0 Å². The lowest BCUT2D eigenvalue weighted by atomic mass is 9.79. The van der Waals surface area contributed by atoms with Crippen LogP contribution >= 0.6 is 23.2 Å². The minimum Gasteiger partial charge on any atom is -0.298 e. The van der Waals surface area contributed by atoms with Crippen LogP contribution in [0.25, 0.3) is 0 Å². The van der Waals surface area contributed by atoms with Crippen LogP contribution < -0.4 is 0 Å². The number of carbonyl (C=O) groups is 1. The zero-order valence-electron chi connectivity index (χ0n) is 14.9. The summed E-state index contributed by atoms with van der Waals surface area (Å²) in [6.45, 7) is 2.86. The highest BCUT2D eigenvalue weighted by molar-refractivity contribution is 6.30. The molecule has 3 fully saturated rings. The molecule has 0 spiro atoms. The van der Waals surface area contributed by atoms with Gasteiger partial charge < -0.3 is 0 Å². The maximum absolute atomic E-state index is 12.6. The predicted octanol–water partition coefficient (Wildman–Crippen LogP) is 5.25. The third kappa shape index (κ3) is 5.35. The lowest BCUT2D eigenvalue weighted by Crippen LogP contribution is -2.41. The van der Waals surface area contributed by atoms with E-state index in [9.17, 15) is 4.79 Å². The molecule has 3 atom stereocenters. The van der Waals surface area contributed by atoms with Gasteiger partial charge in [-0.05, 0) is 63.5 Å². The van der Waals surface area contributed by atoms with Crippen molar-refractivity contribution >= 4 is 29.0 Å². The average molecular weight is 374 g/mol. The van der Waals surface area contributed by atoms with Gasteiger partial charge in [0.1, 0.15) is 5.78 Å². The molecule has 24 heavy (non-hydrogen) atoms. The summed E-state index contributed by atoms with van der Waals surface area (Å²) in [6.07, 6.45) is 13.9. The molecule has 3 rings (SSSR count). The van der Waals surface area contributed by atoms with E-state index in [1.165, 1.54) is 51.4 Å². The zero-order chi connectivity index (χ0) is 16.9. The molecule has 2 aliphatic carbocycles. The van der Waals surface area contributed by atoms with Crippen molar-refractivity contribution in [1.29, 1.82) is 0 Å². The van der Waals surface area contributed by atoms with Gasteiger partial charge in [-0.15, -0.1) is 23.2 Å². The van der Waals surface area contributed by atoms with Gasteiger partial charge in [0.25, 0.3) is 0 Å². The smallest absolute Gasteiger partial charge is 0.149 e. The zero-order valence-corrected chi connectivity index (χ0v) is 16.4. The SMILES string of the molecule is O=C(CN1CCC(CC2CCCCC2)CC1)C1CCC(Cl)C(Cl)C1. The molecule has 0 aromatic carbocycles. The van der Waals surface area contributed by atoms with Crippen molar-refractivity contribution in [3.05, 3.63) is 0 Å². The number of rotatable bonds is 5. The molecule has 1 aliphatic heterocycles. The Balaban J connectivity index is 1.36. The number of carbonyl (C=O) groups excluding carboxylic acids is 1. The summed E-state index contributed by atoms with van der Waals surface area (Å²) >= 11 is 12.4. The van der Waals surface area contributed by atoms with Gasteiger partial charge in [-0.3, -0.25) is 9.69 Å². The number of piperidine rings is 1. The van der Waals surface area contributed by atoms with Crippen molar-refractivity contribution in [2.45, 2.75) is 81.4 Å². The van der Waals surface area contributed by atoms with Crippen molar-refractivity contribution in [3.8, 4) is 0 Å². The lowest BCUT2D eigenvalue weighted by molar-refractivity contribution is -0.125. The van der Waals surface area contributed by atoms with E-state index >= 15 is 0 Å². The van der Waals surface area contributed by atoms with Crippen LogP contribution in [-0.4, -0.2) is 41.1 Å². The topological polar surface area (TPSA) is 20.3 Å². The largest absolute Gasteiger partial charge is 0.298 e. The van der Waals surface area contributed by atoms with E-state index in [4.69, 9.17) is 23.2 Å². The van der Waals surface area contributed by atoms with Gasteiger partial charge in [0, 0.05) is 11.3 Å². The van der Waals surface area contributed by atoms with Gasteiger partial charge in [-0.25, -0.2) is 0 Å². The van der Waals surface area contributed by atoms with Gasteiger partial charge >= 0.3 is 0 Å². The van der Waals surface area contributed by atoms with E-state index in [1.807, 2.05) is 0 Å². The van der Waals surface area contributed by atoms with Crippen LogP contribution in [0.5, 0.6) is 0 Å². The molecular weight excluding hydrogens is 341 g/mol. The molecule has 138 valence electrons. The fourth-order valence-corrected chi connectivity index (χ4v) is 5.56. The number of hydrogen-bond donors (Lipinski definition) is 0. The van der Waals surface area contributed by atoms with E-state index in [2.05, 4.69) is 4.90 Å². The van der Waals surface area contributed by atoms with Crippen LogP contribution in [0.3, 0.4) is 0 Å².